The highest BCUT2D eigenvalue weighted by molar-refractivity contribution is 5.83. The number of furan rings is 1. The molecule has 0 aliphatic heterocycles. The van der Waals surface area contributed by atoms with Gasteiger partial charge in [-0.3, -0.25) is 13.9 Å². The van der Waals surface area contributed by atoms with E-state index in [-0.39, 0.29) is 23.2 Å². The molecule has 176 valence electrons. The Labute approximate surface area is 203 Å². The molecule has 0 aliphatic carbocycles. The van der Waals surface area contributed by atoms with E-state index < -0.39 is 0 Å². The maximum atomic E-state index is 13.6. The Hall–Kier alpha value is -4.12. The molecule has 0 saturated carbocycles. The van der Waals surface area contributed by atoms with Crippen LogP contribution in [0.25, 0.3) is 22.3 Å². The normalized spacial score (nSPS) is 11.7. The van der Waals surface area contributed by atoms with Crippen molar-refractivity contribution in [3.8, 4) is 11.3 Å². The summed E-state index contributed by atoms with van der Waals surface area (Å²) in [5.41, 5.74) is 3.41. The van der Waals surface area contributed by atoms with Crippen LogP contribution in [0.2, 0.25) is 0 Å². The maximum Gasteiger partial charge on any atom is 0.331 e. The second-order valence-corrected chi connectivity index (χ2v) is 9.93. The summed E-state index contributed by atoms with van der Waals surface area (Å²) in [6, 6.07) is 27.3. The van der Waals surface area contributed by atoms with Crippen LogP contribution in [0.4, 0.5) is 0 Å². The first-order valence-electron chi connectivity index (χ1n) is 11.8. The summed E-state index contributed by atoms with van der Waals surface area (Å²) < 4.78 is 9.00. The zero-order valence-corrected chi connectivity index (χ0v) is 20.2. The molecule has 0 bridgehead atoms. The predicted octanol–water partition coefficient (Wildman–Crippen LogP) is 5.82. The second-order valence-electron chi connectivity index (χ2n) is 9.93. The molecule has 0 fully saturated rings. The van der Waals surface area contributed by atoms with Crippen molar-refractivity contribution in [3.05, 3.63) is 129 Å². The highest BCUT2D eigenvalue weighted by atomic mass is 16.3. The van der Waals surface area contributed by atoms with Gasteiger partial charge in [-0.25, -0.2) is 4.79 Å². The Morgan fingerprint density at radius 1 is 0.771 bits per heavy atom. The van der Waals surface area contributed by atoms with Gasteiger partial charge in [-0.1, -0.05) is 87.5 Å². The van der Waals surface area contributed by atoms with Crippen LogP contribution in [0, 0.1) is 0 Å². The summed E-state index contributed by atoms with van der Waals surface area (Å²) in [6.45, 7) is 7.04. The fourth-order valence-electron chi connectivity index (χ4n) is 4.26. The van der Waals surface area contributed by atoms with Gasteiger partial charge in [0.1, 0.15) is 11.3 Å². The molecule has 0 spiro atoms. The van der Waals surface area contributed by atoms with E-state index in [1.165, 1.54) is 10.1 Å². The van der Waals surface area contributed by atoms with Crippen molar-refractivity contribution in [1.82, 2.24) is 9.13 Å². The number of nitrogens with zero attached hydrogens (tertiary/aromatic N) is 2. The molecule has 3 aromatic carbocycles. The van der Waals surface area contributed by atoms with Crippen molar-refractivity contribution >= 4 is 11.0 Å². The van der Waals surface area contributed by atoms with Gasteiger partial charge >= 0.3 is 5.69 Å². The van der Waals surface area contributed by atoms with Gasteiger partial charge in [-0.2, -0.15) is 0 Å². The molecular formula is C30H28N2O3. The predicted molar refractivity (Wildman–Crippen MR) is 140 cm³/mol. The number of rotatable bonds is 5. The van der Waals surface area contributed by atoms with E-state index in [1.54, 1.807) is 10.8 Å². The van der Waals surface area contributed by atoms with Crippen LogP contribution in [-0.2, 0) is 18.5 Å². The standard InChI is InChI=1S/C30H28N2O3/c1-30(2,3)24-14-15-26-23(16-24)17-27(35-26)25-20-31(18-21-10-6-4-7-11-21)29(34)32(28(25)33)19-22-12-8-5-9-13-22/h4-17,20H,18-19H2,1-3H3. The van der Waals surface area contributed by atoms with Crippen molar-refractivity contribution in [1.29, 1.82) is 0 Å². The second kappa shape index (κ2) is 8.91. The summed E-state index contributed by atoms with van der Waals surface area (Å²) in [5, 5.41) is 0.933. The zero-order chi connectivity index (χ0) is 24.6. The molecule has 2 aromatic heterocycles. The molecule has 5 rings (SSSR count). The summed E-state index contributed by atoms with van der Waals surface area (Å²) >= 11 is 0. The van der Waals surface area contributed by atoms with Crippen LogP contribution in [0.3, 0.4) is 0 Å². The average Bonchev–Trinajstić information content (AvgIpc) is 3.27. The lowest BCUT2D eigenvalue weighted by molar-refractivity contribution is 0.588. The molecule has 5 nitrogen and oxygen atoms in total. The Kier molecular flexibility index (Phi) is 5.77. The Balaban J connectivity index is 1.67. The number of hydrogen-bond acceptors (Lipinski definition) is 3. The first-order valence-corrected chi connectivity index (χ1v) is 11.8. The summed E-state index contributed by atoms with van der Waals surface area (Å²) in [4.78, 5) is 27.0. The fourth-order valence-corrected chi connectivity index (χ4v) is 4.26. The van der Waals surface area contributed by atoms with Crippen LogP contribution in [0.5, 0.6) is 0 Å². The molecule has 0 N–H and O–H groups in total. The van der Waals surface area contributed by atoms with E-state index in [2.05, 4.69) is 32.9 Å². The monoisotopic (exact) mass is 464 g/mol. The number of fused-ring (bicyclic) bond motifs is 1. The van der Waals surface area contributed by atoms with Gasteiger partial charge in [0.05, 0.1) is 18.7 Å². The Morgan fingerprint density at radius 2 is 1.40 bits per heavy atom. The van der Waals surface area contributed by atoms with Gasteiger partial charge in [-0.15, -0.1) is 0 Å². The molecule has 0 amide bonds. The van der Waals surface area contributed by atoms with Crippen LogP contribution in [0.15, 0.2) is 105 Å². The third kappa shape index (κ3) is 4.62. The first kappa shape index (κ1) is 22.7. The van der Waals surface area contributed by atoms with E-state index in [0.717, 1.165) is 16.5 Å². The Morgan fingerprint density at radius 3 is 2.03 bits per heavy atom. The van der Waals surface area contributed by atoms with Crippen LogP contribution in [0.1, 0.15) is 37.5 Å². The average molecular weight is 465 g/mol. The molecule has 0 atom stereocenters. The van der Waals surface area contributed by atoms with Gasteiger partial charge in [0.2, 0.25) is 0 Å². The van der Waals surface area contributed by atoms with Crippen molar-refractivity contribution in [2.75, 3.05) is 0 Å². The van der Waals surface area contributed by atoms with Crippen LogP contribution in [-0.4, -0.2) is 9.13 Å². The third-order valence-corrected chi connectivity index (χ3v) is 6.26. The van der Waals surface area contributed by atoms with Crippen molar-refractivity contribution < 1.29 is 4.42 Å². The highest BCUT2D eigenvalue weighted by Crippen LogP contribution is 2.30. The number of aromatic nitrogens is 2. The Bertz CT molecular complexity index is 1600. The van der Waals surface area contributed by atoms with Gasteiger partial charge in [0, 0.05) is 11.6 Å². The smallest absolute Gasteiger partial charge is 0.331 e. The SMILES string of the molecule is CC(C)(C)c1ccc2oc(-c3cn(Cc4ccccc4)c(=O)n(Cc4ccccc4)c3=O)cc2c1. The summed E-state index contributed by atoms with van der Waals surface area (Å²) in [6.07, 6.45) is 1.63. The molecule has 5 aromatic rings. The van der Waals surface area contributed by atoms with Gasteiger partial charge < -0.3 is 4.42 Å². The molecule has 0 saturated heterocycles. The quantitative estimate of drug-likeness (QED) is 0.329. The molecule has 0 radical (unpaired) electrons. The van der Waals surface area contributed by atoms with Crippen molar-refractivity contribution in [3.63, 3.8) is 0 Å². The summed E-state index contributed by atoms with van der Waals surface area (Å²) in [5.74, 6) is 0.458. The third-order valence-electron chi connectivity index (χ3n) is 6.26. The number of benzene rings is 3. The lowest BCUT2D eigenvalue weighted by atomic mass is 9.86. The van der Waals surface area contributed by atoms with E-state index >= 15 is 0 Å². The molecule has 5 heteroatoms. The van der Waals surface area contributed by atoms with E-state index in [9.17, 15) is 9.59 Å². The molecule has 0 aliphatic rings. The minimum Gasteiger partial charge on any atom is -0.456 e. The van der Waals surface area contributed by atoms with E-state index in [0.29, 0.717) is 23.5 Å². The fraction of sp³-hybridized carbons (Fsp3) is 0.200. The minimum atomic E-state index is -0.363. The van der Waals surface area contributed by atoms with E-state index in [4.69, 9.17) is 4.42 Å². The van der Waals surface area contributed by atoms with Crippen LogP contribution < -0.4 is 11.2 Å². The minimum absolute atomic E-state index is 0.00304. The van der Waals surface area contributed by atoms with E-state index in [1.807, 2.05) is 72.8 Å². The van der Waals surface area contributed by atoms with Gasteiger partial charge in [0.25, 0.3) is 5.56 Å². The number of hydrogen-bond donors (Lipinski definition) is 0. The molecule has 2 heterocycles. The maximum absolute atomic E-state index is 13.6. The molecule has 35 heavy (non-hydrogen) atoms. The first-order chi connectivity index (χ1) is 16.8. The molecule has 0 unspecified atom stereocenters. The molecular weight excluding hydrogens is 436 g/mol. The van der Waals surface area contributed by atoms with Crippen molar-refractivity contribution in [2.24, 2.45) is 0 Å². The lowest BCUT2D eigenvalue weighted by Gasteiger charge is -2.18. The topological polar surface area (TPSA) is 57.1 Å². The zero-order valence-electron chi connectivity index (χ0n) is 20.2. The highest BCUT2D eigenvalue weighted by Gasteiger charge is 2.19. The van der Waals surface area contributed by atoms with Gasteiger partial charge in [0.15, 0.2) is 0 Å². The lowest BCUT2D eigenvalue weighted by Crippen LogP contribution is -2.40. The summed E-state index contributed by atoms with van der Waals surface area (Å²) in [7, 11) is 0. The van der Waals surface area contributed by atoms with Crippen LogP contribution >= 0.6 is 0 Å². The van der Waals surface area contributed by atoms with Gasteiger partial charge in [-0.05, 0) is 40.3 Å². The van der Waals surface area contributed by atoms with Crippen molar-refractivity contribution in [2.45, 2.75) is 39.3 Å². The largest absolute Gasteiger partial charge is 0.456 e.